The van der Waals surface area contributed by atoms with E-state index in [4.69, 9.17) is 10.8 Å². The minimum atomic E-state index is -0.318. The monoisotopic (exact) mass is 274 g/mol. The van der Waals surface area contributed by atoms with E-state index in [0.29, 0.717) is 12.5 Å². The Morgan fingerprint density at radius 3 is 2.80 bits per heavy atom. The third kappa shape index (κ3) is 6.37. The number of rotatable bonds is 6. The van der Waals surface area contributed by atoms with E-state index in [0.717, 1.165) is 17.7 Å². The van der Waals surface area contributed by atoms with Gasteiger partial charge in [-0.05, 0) is 23.6 Å². The summed E-state index contributed by atoms with van der Waals surface area (Å²) in [6.07, 6.45) is 0. The molecule has 0 aliphatic heterocycles. The molecule has 4 heteroatoms. The number of aliphatic hydroxyl groups excluding tert-OH is 1. The van der Waals surface area contributed by atoms with Crippen LogP contribution in [0.3, 0.4) is 0 Å². The zero-order valence-corrected chi connectivity index (χ0v) is 12.1. The van der Waals surface area contributed by atoms with Gasteiger partial charge in [0.1, 0.15) is 6.61 Å². The van der Waals surface area contributed by atoms with E-state index in [1.54, 1.807) is 0 Å². The number of primary amides is 1. The Balaban J connectivity index is 2.79. The molecule has 3 N–H and O–H groups in total. The average molecular weight is 274 g/mol. The predicted molar refractivity (Wildman–Crippen MR) is 79.7 cm³/mol. The standard InChI is InChI=1S/C16H22N2O2/c1-13(2)10-18(12-16(17)20)11-15-6-3-5-14(9-15)7-4-8-19/h3,5-6,9,13,19H,8,10-12H2,1-2H3,(H2,17,20). The summed E-state index contributed by atoms with van der Waals surface area (Å²) in [6.45, 7) is 5.80. The summed E-state index contributed by atoms with van der Waals surface area (Å²) in [5.74, 6) is 5.65. The molecular weight excluding hydrogens is 252 g/mol. The van der Waals surface area contributed by atoms with Crippen LogP contribution >= 0.6 is 0 Å². The molecule has 0 unspecified atom stereocenters. The Bertz CT molecular complexity index is 501. The van der Waals surface area contributed by atoms with Crippen LogP contribution in [0.2, 0.25) is 0 Å². The van der Waals surface area contributed by atoms with Crippen molar-refractivity contribution >= 4 is 5.91 Å². The zero-order valence-electron chi connectivity index (χ0n) is 12.1. The first kappa shape index (κ1) is 16.2. The first-order valence-electron chi connectivity index (χ1n) is 6.70. The summed E-state index contributed by atoms with van der Waals surface area (Å²) < 4.78 is 0. The Morgan fingerprint density at radius 2 is 2.20 bits per heavy atom. The van der Waals surface area contributed by atoms with Crippen molar-refractivity contribution in [1.29, 1.82) is 0 Å². The van der Waals surface area contributed by atoms with Gasteiger partial charge >= 0.3 is 0 Å². The number of hydrogen-bond donors (Lipinski definition) is 2. The van der Waals surface area contributed by atoms with Crippen LogP contribution in [0.1, 0.15) is 25.0 Å². The SMILES string of the molecule is CC(C)CN(CC(N)=O)Cc1cccc(C#CCO)c1. The van der Waals surface area contributed by atoms with Crippen molar-refractivity contribution in [3.05, 3.63) is 35.4 Å². The summed E-state index contributed by atoms with van der Waals surface area (Å²) in [6, 6.07) is 7.79. The summed E-state index contributed by atoms with van der Waals surface area (Å²) in [5, 5.41) is 8.71. The molecule has 1 aromatic rings. The molecule has 1 aromatic carbocycles. The second-order valence-electron chi connectivity index (χ2n) is 5.19. The molecule has 1 amide bonds. The molecule has 0 aliphatic carbocycles. The van der Waals surface area contributed by atoms with Gasteiger partial charge in [0.15, 0.2) is 0 Å². The summed E-state index contributed by atoms with van der Waals surface area (Å²) in [5.41, 5.74) is 7.23. The third-order valence-electron chi connectivity index (χ3n) is 2.65. The van der Waals surface area contributed by atoms with Crippen LogP contribution in [-0.4, -0.2) is 35.6 Å². The number of hydrogen-bond acceptors (Lipinski definition) is 3. The molecular formula is C16H22N2O2. The van der Waals surface area contributed by atoms with E-state index in [-0.39, 0.29) is 19.1 Å². The van der Waals surface area contributed by atoms with E-state index in [9.17, 15) is 4.79 Å². The number of nitrogens with zero attached hydrogens (tertiary/aromatic N) is 1. The van der Waals surface area contributed by atoms with Crippen molar-refractivity contribution in [2.24, 2.45) is 11.7 Å². The summed E-state index contributed by atoms with van der Waals surface area (Å²) in [4.78, 5) is 13.2. The molecule has 0 fully saturated rings. The van der Waals surface area contributed by atoms with Crippen LogP contribution in [-0.2, 0) is 11.3 Å². The van der Waals surface area contributed by atoms with Gasteiger partial charge in [-0.25, -0.2) is 0 Å². The highest BCUT2D eigenvalue weighted by Gasteiger charge is 2.11. The molecule has 108 valence electrons. The van der Waals surface area contributed by atoms with E-state index < -0.39 is 0 Å². The Hall–Kier alpha value is -1.83. The lowest BCUT2D eigenvalue weighted by molar-refractivity contribution is -0.119. The Labute approximate surface area is 120 Å². The minimum absolute atomic E-state index is 0.147. The smallest absolute Gasteiger partial charge is 0.231 e. The van der Waals surface area contributed by atoms with Gasteiger partial charge in [0, 0.05) is 18.7 Å². The maximum Gasteiger partial charge on any atom is 0.231 e. The average Bonchev–Trinajstić information content (AvgIpc) is 2.35. The van der Waals surface area contributed by atoms with Gasteiger partial charge < -0.3 is 10.8 Å². The molecule has 0 saturated heterocycles. The normalized spacial score (nSPS) is 10.4. The molecule has 0 heterocycles. The fourth-order valence-corrected chi connectivity index (χ4v) is 2.07. The molecule has 4 nitrogen and oxygen atoms in total. The van der Waals surface area contributed by atoms with Crippen molar-refractivity contribution < 1.29 is 9.90 Å². The second-order valence-corrected chi connectivity index (χ2v) is 5.19. The molecule has 0 aromatic heterocycles. The van der Waals surface area contributed by atoms with Gasteiger partial charge in [0.05, 0.1) is 6.54 Å². The van der Waals surface area contributed by atoms with Crippen LogP contribution in [0.5, 0.6) is 0 Å². The van der Waals surface area contributed by atoms with E-state index in [1.165, 1.54) is 0 Å². The van der Waals surface area contributed by atoms with Crippen LogP contribution in [0, 0.1) is 17.8 Å². The fourth-order valence-electron chi connectivity index (χ4n) is 2.07. The summed E-state index contributed by atoms with van der Waals surface area (Å²) in [7, 11) is 0. The van der Waals surface area contributed by atoms with E-state index in [1.807, 2.05) is 29.2 Å². The first-order chi connectivity index (χ1) is 9.51. The maximum absolute atomic E-state index is 11.1. The van der Waals surface area contributed by atoms with Gasteiger partial charge in [-0.2, -0.15) is 0 Å². The van der Waals surface area contributed by atoms with Crippen molar-refractivity contribution in [2.45, 2.75) is 20.4 Å². The highest BCUT2D eigenvalue weighted by Crippen LogP contribution is 2.09. The van der Waals surface area contributed by atoms with Crippen LogP contribution in [0.4, 0.5) is 0 Å². The lowest BCUT2D eigenvalue weighted by atomic mass is 10.1. The molecule has 20 heavy (non-hydrogen) atoms. The fraction of sp³-hybridized carbons (Fsp3) is 0.438. The topological polar surface area (TPSA) is 66.6 Å². The van der Waals surface area contributed by atoms with Crippen molar-refractivity contribution in [3.63, 3.8) is 0 Å². The third-order valence-corrected chi connectivity index (χ3v) is 2.65. The Morgan fingerprint density at radius 1 is 1.45 bits per heavy atom. The number of carbonyl (C=O) groups excluding carboxylic acids is 1. The molecule has 0 atom stereocenters. The van der Waals surface area contributed by atoms with E-state index in [2.05, 4.69) is 25.7 Å². The maximum atomic E-state index is 11.1. The lowest BCUT2D eigenvalue weighted by Crippen LogP contribution is -2.35. The molecule has 1 rings (SSSR count). The molecule has 0 aliphatic rings. The van der Waals surface area contributed by atoms with Crippen molar-refractivity contribution in [2.75, 3.05) is 19.7 Å². The number of carbonyl (C=O) groups is 1. The van der Waals surface area contributed by atoms with Crippen molar-refractivity contribution in [3.8, 4) is 11.8 Å². The number of aliphatic hydroxyl groups is 1. The highest BCUT2D eigenvalue weighted by atomic mass is 16.2. The van der Waals surface area contributed by atoms with Gasteiger partial charge in [-0.3, -0.25) is 9.69 Å². The highest BCUT2D eigenvalue weighted by molar-refractivity contribution is 5.75. The first-order valence-corrected chi connectivity index (χ1v) is 6.70. The summed E-state index contributed by atoms with van der Waals surface area (Å²) >= 11 is 0. The van der Waals surface area contributed by atoms with Crippen LogP contribution < -0.4 is 5.73 Å². The van der Waals surface area contributed by atoms with Gasteiger partial charge in [-0.1, -0.05) is 37.8 Å². The molecule has 0 spiro atoms. The number of amides is 1. The van der Waals surface area contributed by atoms with Gasteiger partial charge in [0.25, 0.3) is 0 Å². The van der Waals surface area contributed by atoms with Crippen molar-refractivity contribution in [1.82, 2.24) is 4.90 Å². The van der Waals surface area contributed by atoms with Crippen LogP contribution in [0.25, 0.3) is 0 Å². The van der Waals surface area contributed by atoms with Gasteiger partial charge in [-0.15, -0.1) is 0 Å². The Kier molecular flexibility index (Phi) is 6.78. The zero-order chi connectivity index (χ0) is 15.0. The molecule has 0 bridgehead atoms. The van der Waals surface area contributed by atoms with E-state index >= 15 is 0 Å². The van der Waals surface area contributed by atoms with Crippen LogP contribution in [0.15, 0.2) is 24.3 Å². The predicted octanol–water partition coefficient (Wildman–Crippen LogP) is 0.974. The largest absolute Gasteiger partial charge is 0.384 e. The quantitative estimate of drug-likeness (QED) is 0.760. The van der Waals surface area contributed by atoms with Gasteiger partial charge in [0.2, 0.25) is 5.91 Å². The molecule has 0 radical (unpaired) electrons. The number of nitrogens with two attached hydrogens (primary N) is 1. The second kappa shape index (κ2) is 8.36. The number of benzene rings is 1. The minimum Gasteiger partial charge on any atom is -0.384 e. The molecule has 0 saturated carbocycles. The lowest BCUT2D eigenvalue weighted by Gasteiger charge is -2.22.